The zero-order valence-corrected chi connectivity index (χ0v) is 9.63. The summed E-state index contributed by atoms with van der Waals surface area (Å²) in [5.41, 5.74) is 0.306. The highest BCUT2D eigenvalue weighted by atomic mass is 35.5. The molecule has 1 aliphatic rings. The molecule has 0 radical (unpaired) electrons. The molecule has 0 aromatic heterocycles. The third kappa shape index (κ3) is 2.55. The normalized spacial score (nSPS) is 16.0. The predicted octanol–water partition coefficient (Wildman–Crippen LogP) is 0.938. The molecule has 1 aromatic rings. The molecule has 2 amide bonds. The third-order valence-corrected chi connectivity index (χ3v) is 2.81. The van der Waals surface area contributed by atoms with Crippen molar-refractivity contribution >= 4 is 23.4 Å². The molecule has 0 spiro atoms. The Morgan fingerprint density at radius 1 is 1.41 bits per heavy atom. The van der Waals surface area contributed by atoms with Gasteiger partial charge in [0.15, 0.2) is 0 Å². The lowest BCUT2D eigenvalue weighted by Crippen LogP contribution is -2.51. The van der Waals surface area contributed by atoms with E-state index in [4.69, 9.17) is 11.6 Å². The Hall–Kier alpha value is -1.62. The Bertz CT molecular complexity index is 479. The van der Waals surface area contributed by atoms with Crippen LogP contribution in [0.1, 0.15) is 5.56 Å². The van der Waals surface area contributed by atoms with Gasteiger partial charge < -0.3 is 10.2 Å². The second-order valence-electron chi connectivity index (χ2n) is 3.74. The number of carbonyl (C=O) groups excluding carboxylic acids is 2. The van der Waals surface area contributed by atoms with Crippen LogP contribution in [0.2, 0.25) is 5.02 Å². The zero-order valence-electron chi connectivity index (χ0n) is 8.87. The molecule has 0 saturated carbocycles. The molecule has 0 unspecified atom stereocenters. The molecule has 2 rings (SSSR count). The smallest absolute Gasteiger partial charge is 0.242 e. The molecule has 90 valence electrons. The molecule has 1 aliphatic heterocycles. The van der Waals surface area contributed by atoms with Gasteiger partial charge >= 0.3 is 0 Å². The highest BCUT2D eigenvalue weighted by Gasteiger charge is 2.24. The lowest BCUT2D eigenvalue weighted by molar-refractivity contribution is -0.141. The summed E-state index contributed by atoms with van der Waals surface area (Å²) < 4.78 is 13.6. The van der Waals surface area contributed by atoms with Crippen molar-refractivity contribution in [3.05, 3.63) is 34.6 Å². The van der Waals surface area contributed by atoms with Gasteiger partial charge in [0.1, 0.15) is 5.82 Å². The summed E-state index contributed by atoms with van der Waals surface area (Å²) in [6.45, 7) is -0.0373. The molecule has 0 bridgehead atoms. The number of benzene rings is 1. The average molecular weight is 257 g/mol. The van der Waals surface area contributed by atoms with E-state index in [0.717, 1.165) is 0 Å². The molecule has 1 heterocycles. The number of hydrogen-bond acceptors (Lipinski definition) is 2. The Balaban J connectivity index is 2.17. The SMILES string of the molecule is O=C1CN(Cc2cccc(Cl)c2F)C(=O)CN1. The molecule has 1 aromatic carbocycles. The summed E-state index contributed by atoms with van der Waals surface area (Å²) in [5.74, 6) is -1.02. The van der Waals surface area contributed by atoms with Crippen molar-refractivity contribution in [3.63, 3.8) is 0 Å². The van der Waals surface area contributed by atoms with E-state index >= 15 is 0 Å². The molecular formula is C11H10ClFN2O2. The second-order valence-corrected chi connectivity index (χ2v) is 4.15. The molecule has 6 heteroatoms. The largest absolute Gasteiger partial charge is 0.345 e. The number of halogens is 2. The minimum Gasteiger partial charge on any atom is -0.345 e. The van der Waals surface area contributed by atoms with Gasteiger partial charge in [-0.3, -0.25) is 9.59 Å². The highest BCUT2D eigenvalue weighted by Crippen LogP contribution is 2.19. The minimum atomic E-state index is -0.548. The van der Waals surface area contributed by atoms with Crippen molar-refractivity contribution in [2.24, 2.45) is 0 Å². The van der Waals surface area contributed by atoms with Crippen LogP contribution in [0.4, 0.5) is 4.39 Å². The molecule has 1 fully saturated rings. The van der Waals surface area contributed by atoms with Crippen LogP contribution in [-0.4, -0.2) is 29.8 Å². The van der Waals surface area contributed by atoms with Crippen LogP contribution in [0.15, 0.2) is 18.2 Å². The average Bonchev–Trinajstić information content (AvgIpc) is 2.30. The lowest BCUT2D eigenvalue weighted by Gasteiger charge is -2.26. The zero-order chi connectivity index (χ0) is 12.4. The summed E-state index contributed by atoms with van der Waals surface area (Å²) in [4.78, 5) is 23.9. The highest BCUT2D eigenvalue weighted by molar-refractivity contribution is 6.30. The predicted molar refractivity (Wildman–Crippen MR) is 59.8 cm³/mol. The van der Waals surface area contributed by atoms with Gasteiger partial charge in [0, 0.05) is 12.1 Å². The number of hydrogen-bond donors (Lipinski definition) is 1. The van der Waals surface area contributed by atoms with E-state index in [2.05, 4.69) is 5.32 Å². The Labute approximate surface area is 102 Å². The van der Waals surface area contributed by atoms with Gasteiger partial charge in [-0.1, -0.05) is 23.7 Å². The van der Waals surface area contributed by atoms with E-state index in [1.165, 1.54) is 11.0 Å². The first-order valence-corrected chi connectivity index (χ1v) is 5.43. The molecular weight excluding hydrogens is 247 g/mol. The first-order chi connectivity index (χ1) is 8.08. The standard InChI is InChI=1S/C11H10ClFN2O2/c12-8-3-1-2-7(11(8)13)5-15-6-9(16)14-4-10(15)17/h1-3H,4-6H2,(H,14,16). The second kappa shape index (κ2) is 4.71. The third-order valence-electron chi connectivity index (χ3n) is 2.52. The monoisotopic (exact) mass is 256 g/mol. The van der Waals surface area contributed by atoms with Crippen LogP contribution >= 0.6 is 11.6 Å². The van der Waals surface area contributed by atoms with Gasteiger partial charge in [-0.25, -0.2) is 4.39 Å². The van der Waals surface area contributed by atoms with Gasteiger partial charge in [-0.15, -0.1) is 0 Å². The van der Waals surface area contributed by atoms with Crippen molar-refractivity contribution < 1.29 is 14.0 Å². The fraction of sp³-hybridized carbons (Fsp3) is 0.273. The van der Waals surface area contributed by atoms with Crippen LogP contribution < -0.4 is 5.32 Å². The van der Waals surface area contributed by atoms with Crippen LogP contribution in [0.25, 0.3) is 0 Å². The van der Waals surface area contributed by atoms with Gasteiger partial charge in [-0.05, 0) is 6.07 Å². The summed E-state index contributed by atoms with van der Waals surface area (Å²) in [6, 6.07) is 4.58. The molecule has 17 heavy (non-hydrogen) atoms. The van der Waals surface area contributed by atoms with E-state index < -0.39 is 5.82 Å². The van der Waals surface area contributed by atoms with Crippen molar-refractivity contribution in [1.29, 1.82) is 0 Å². The number of piperazine rings is 1. The van der Waals surface area contributed by atoms with Crippen molar-refractivity contribution in [2.75, 3.05) is 13.1 Å². The van der Waals surface area contributed by atoms with Crippen LogP contribution in [-0.2, 0) is 16.1 Å². The maximum atomic E-state index is 13.6. The minimum absolute atomic E-state index is 0.0106. The maximum absolute atomic E-state index is 13.6. The number of nitrogens with one attached hydrogen (secondary N) is 1. The van der Waals surface area contributed by atoms with E-state index in [1.54, 1.807) is 12.1 Å². The first kappa shape index (κ1) is 11.9. The lowest BCUT2D eigenvalue weighted by atomic mass is 10.2. The van der Waals surface area contributed by atoms with E-state index in [9.17, 15) is 14.0 Å². The van der Waals surface area contributed by atoms with Crippen LogP contribution in [0, 0.1) is 5.82 Å². The quantitative estimate of drug-likeness (QED) is 0.856. The number of amides is 2. The molecule has 0 atom stereocenters. The molecule has 1 saturated heterocycles. The Kier molecular flexibility index (Phi) is 3.28. The van der Waals surface area contributed by atoms with Gasteiger partial charge in [0.2, 0.25) is 11.8 Å². The Morgan fingerprint density at radius 3 is 2.94 bits per heavy atom. The van der Waals surface area contributed by atoms with Crippen LogP contribution in [0.5, 0.6) is 0 Å². The summed E-state index contributed by atoms with van der Waals surface area (Å²) >= 11 is 5.64. The Morgan fingerprint density at radius 2 is 2.18 bits per heavy atom. The number of rotatable bonds is 2. The van der Waals surface area contributed by atoms with Gasteiger partial charge in [-0.2, -0.15) is 0 Å². The fourth-order valence-corrected chi connectivity index (χ4v) is 1.82. The van der Waals surface area contributed by atoms with Crippen molar-refractivity contribution in [2.45, 2.75) is 6.54 Å². The van der Waals surface area contributed by atoms with E-state index in [-0.39, 0.29) is 36.5 Å². The van der Waals surface area contributed by atoms with Crippen molar-refractivity contribution in [1.82, 2.24) is 10.2 Å². The molecule has 4 nitrogen and oxygen atoms in total. The fourth-order valence-electron chi connectivity index (χ4n) is 1.62. The van der Waals surface area contributed by atoms with Crippen molar-refractivity contribution in [3.8, 4) is 0 Å². The molecule has 1 N–H and O–H groups in total. The van der Waals surface area contributed by atoms with Gasteiger partial charge in [0.25, 0.3) is 0 Å². The molecule has 0 aliphatic carbocycles. The summed E-state index contributed by atoms with van der Waals surface area (Å²) in [7, 11) is 0. The van der Waals surface area contributed by atoms with Gasteiger partial charge in [0.05, 0.1) is 18.1 Å². The summed E-state index contributed by atoms with van der Waals surface area (Å²) in [6.07, 6.45) is 0. The number of carbonyl (C=O) groups is 2. The number of nitrogens with zero attached hydrogens (tertiary/aromatic N) is 1. The van der Waals surface area contributed by atoms with E-state index in [0.29, 0.717) is 5.56 Å². The first-order valence-electron chi connectivity index (χ1n) is 5.05. The van der Waals surface area contributed by atoms with Crippen LogP contribution in [0.3, 0.4) is 0 Å². The summed E-state index contributed by atoms with van der Waals surface area (Å²) in [5, 5.41) is 2.43. The topological polar surface area (TPSA) is 49.4 Å². The maximum Gasteiger partial charge on any atom is 0.242 e. The van der Waals surface area contributed by atoms with E-state index in [1.807, 2.05) is 0 Å².